The number of ketones is 1. The van der Waals surface area contributed by atoms with E-state index in [2.05, 4.69) is 5.32 Å². The Kier molecular flexibility index (Phi) is 2.92. The number of hydrogen-bond donors (Lipinski definition) is 1. The normalized spacial score (nSPS) is 15.2. The molecule has 2 aromatic rings. The minimum absolute atomic E-state index is 0.0822. The summed E-state index contributed by atoms with van der Waals surface area (Å²) in [5.74, 6) is 0.565. The maximum absolute atomic E-state index is 12.0. The zero-order chi connectivity index (χ0) is 12.5. The average molecular weight is 243 g/mol. The molecular formula is C15H17NO2. The molecule has 1 aliphatic rings. The Bertz CT molecular complexity index is 581. The highest BCUT2D eigenvalue weighted by Crippen LogP contribution is 2.23. The van der Waals surface area contributed by atoms with Gasteiger partial charge < -0.3 is 9.73 Å². The maximum atomic E-state index is 12.0. The highest BCUT2D eigenvalue weighted by atomic mass is 16.3. The van der Waals surface area contributed by atoms with Crippen LogP contribution in [0.3, 0.4) is 0 Å². The van der Waals surface area contributed by atoms with E-state index in [9.17, 15) is 4.79 Å². The number of Topliss-reactive ketones (excluding diaryl/α,β-unsaturated/α-hetero) is 1. The van der Waals surface area contributed by atoms with Gasteiger partial charge in [-0.15, -0.1) is 0 Å². The predicted octanol–water partition coefficient (Wildman–Crippen LogP) is 3.07. The number of carbonyl (C=O) groups excluding carboxylic acids is 1. The zero-order valence-electron chi connectivity index (χ0n) is 10.5. The summed E-state index contributed by atoms with van der Waals surface area (Å²) < 4.78 is 5.66. The van der Waals surface area contributed by atoms with Crippen LogP contribution >= 0.6 is 0 Å². The van der Waals surface area contributed by atoms with E-state index in [0.29, 0.717) is 18.2 Å². The van der Waals surface area contributed by atoms with Gasteiger partial charge in [0.1, 0.15) is 5.58 Å². The molecule has 1 aromatic heterocycles. The fraction of sp³-hybridized carbons (Fsp3) is 0.400. The van der Waals surface area contributed by atoms with E-state index in [4.69, 9.17) is 4.42 Å². The number of furan rings is 1. The summed E-state index contributed by atoms with van der Waals surface area (Å²) in [6.45, 7) is 2.74. The molecule has 3 rings (SSSR count). The molecule has 0 amide bonds. The fourth-order valence-corrected chi connectivity index (χ4v) is 2.15. The van der Waals surface area contributed by atoms with Crippen LogP contribution in [0.25, 0.3) is 11.0 Å². The number of aryl methyl sites for hydroxylation is 1. The van der Waals surface area contributed by atoms with Crippen LogP contribution in [-0.4, -0.2) is 18.4 Å². The number of hydrogen-bond acceptors (Lipinski definition) is 3. The molecule has 94 valence electrons. The summed E-state index contributed by atoms with van der Waals surface area (Å²) in [4.78, 5) is 12.0. The second-order valence-electron chi connectivity index (χ2n) is 5.01. The Morgan fingerprint density at radius 2 is 2.28 bits per heavy atom. The molecule has 18 heavy (non-hydrogen) atoms. The van der Waals surface area contributed by atoms with E-state index < -0.39 is 0 Å². The van der Waals surface area contributed by atoms with Crippen LogP contribution in [0.1, 0.15) is 35.4 Å². The number of benzene rings is 1. The van der Waals surface area contributed by atoms with E-state index in [0.717, 1.165) is 23.1 Å². The van der Waals surface area contributed by atoms with Crippen LogP contribution in [-0.2, 0) is 0 Å². The second-order valence-corrected chi connectivity index (χ2v) is 5.01. The first-order valence-corrected chi connectivity index (χ1v) is 6.50. The molecule has 0 unspecified atom stereocenters. The van der Waals surface area contributed by atoms with Gasteiger partial charge >= 0.3 is 0 Å². The van der Waals surface area contributed by atoms with Crippen LogP contribution in [0, 0.1) is 6.92 Å². The van der Waals surface area contributed by atoms with Crippen molar-refractivity contribution in [1.29, 1.82) is 0 Å². The van der Waals surface area contributed by atoms with Gasteiger partial charge in [0, 0.05) is 24.4 Å². The van der Waals surface area contributed by atoms with E-state index >= 15 is 0 Å². The zero-order valence-corrected chi connectivity index (χ0v) is 10.5. The van der Waals surface area contributed by atoms with Gasteiger partial charge in [0.2, 0.25) is 0 Å². The van der Waals surface area contributed by atoms with E-state index in [-0.39, 0.29) is 5.78 Å². The lowest BCUT2D eigenvalue weighted by Crippen LogP contribution is -2.20. The molecular weight excluding hydrogens is 226 g/mol. The van der Waals surface area contributed by atoms with Gasteiger partial charge in [-0.25, -0.2) is 0 Å². The average Bonchev–Trinajstić information content (AvgIpc) is 3.06. The molecule has 1 heterocycles. The van der Waals surface area contributed by atoms with Gasteiger partial charge in [0.15, 0.2) is 11.5 Å². The van der Waals surface area contributed by atoms with Crippen molar-refractivity contribution in [2.45, 2.75) is 32.2 Å². The monoisotopic (exact) mass is 243 g/mol. The van der Waals surface area contributed by atoms with Crippen LogP contribution in [0.4, 0.5) is 0 Å². The number of carbonyl (C=O) groups is 1. The van der Waals surface area contributed by atoms with Crippen molar-refractivity contribution in [1.82, 2.24) is 5.32 Å². The summed E-state index contributed by atoms with van der Waals surface area (Å²) in [5, 5.41) is 4.35. The third-order valence-corrected chi connectivity index (χ3v) is 3.38. The van der Waals surface area contributed by atoms with Gasteiger partial charge in [-0.1, -0.05) is 18.2 Å². The lowest BCUT2D eigenvalue weighted by molar-refractivity contribution is 0.0958. The van der Waals surface area contributed by atoms with Crippen molar-refractivity contribution in [3.8, 4) is 0 Å². The molecule has 1 aliphatic carbocycles. The summed E-state index contributed by atoms with van der Waals surface area (Å²) >= 11 is 0. The van der Waals surface area contributed by atoms with E-state index in [1.165, 1.54) is 12.8 Å². The topological polar surface area (TPSA) is 42.2 Å². The van der Waals surface area contributed by atoms with Crippen molar-refractivity contribution in [2.24, 2.45) is 0 Å². The first-order valence-electron chi connectivity index (χ1n) is 6.50. The van der Waals surface area contributed by atoms with Crippen molar-refractivity contribution in [3.05, 3.63) is 35.6 Å². The summed E-state index contributed by atoms with van der Waals surface area (Å²) in [7, 11) is 0. The van der Waals surface area contributed by atoms with Gasteiger partial charge in [-0.2, -0.15) is 0 Å². The highest BCUT2D eigenvalue weighted by Gasteiger charge is 2.20. The van der Waals surface area contributed by atoms with Crippen molar-refractivity contribution < 1.29 is 9.21 Å². The minimum atomic E-state index is 0.0822. The predicted molar refractivity (Wildman–Crippen MR) is 70.9 cm³/mol. The first kappa shape index (κ1) is 11.5. The summed E-state index contributed by atoms with van der Waals surface area (Å²) in [6, 6.07) is 8.45. The number of para-hydroxylation sites is 1. The number of nitrogens with one attached hydrogen (secondary N) is 1. The number of fused-ring (bicyclic) bond motifs is 1. The van der Waals surface area contributed by atoms with Gasteiger partial charge in [0.05, 0.1) is 0 Å². The van der Waals surface area contributed by atoms with Crippen molar-refractivity contribution in [3.63, 3.8) is 0 Å². The lowest BCUT2D eigenvalue weighted by Gasteiger charge is -1.99. The molecule has 1 saturated carbocycles. The van der Waals surface area contributed by atoms with Crippen molar-refractivity contribution in [2.75, 3.05) is 6.54 Å². The first-order chi connectivity index (χ1) is 8.74. The Morgan fingerprint density at radius 1 is 1.44 bits per heavy atom. The van der Waals surface area contributed by atoms with Crippen LogP contribution in [0.2, 0.25) is 0 Å². The Labute approximate surface area is 106 Å². The summed E-state index contributed by atoms with van der Waals surface area (Å²) in [6.07, 6.45) is 3.01. The fourth-order valence-electron chi connectivity index (χ4n) is 2.15. The Hall–Kier alpha value is -1.61. The maximum Gasteiger partial charge on any atom is 0.199 e. The molecule has 1 fully saturated rings. The quantitative estimate of drug-likeness (QED) is 0.821. The molecule has 1 aromatic carbocycles. The molecule has 0 saturated heterocycles. The highest BCUT2D eigenvalue weighted by molar-refractivity contribution is 5.98. The SMILES string of the molecule is Cc1cccc2cc(C(=O)CCNC3CC3)oc12. The molecule has 0 bridgehead atoms. The largest absolute Gasteiger partial charge is 0.453 e. The molecule has 0 radical (unpaired) electrons. The minimum Gasteiger partial charge on any atom is -0.453 e. The molecule has 0 spiro atoms. The van der Waals surface area contributed by atoms with Crippen molar-refractivity contribution >= 4 is 16.8 Å². The Balaban J connectivity index is 1.72. The standard InChI is InChI=1S/C15H17NO2/c1-10-3-2-4-11-9-14(18-15(10)11)13(17)7-8-16-12-5-6-12/h2-4,9,12,16H,5-8H2,1H3. The molecule has 3 nitrogen and oxygen atoms in total. The second kappa shape index (κ2) is 4.58. The smallest absolute Gasteiger partial charge is 0.199 e. The lowest BCUT2D eigenvalue weighted by atomic mass is 10.1. The van der Waals surface area contributed by atoms with Gasteiger partial charge in [0.25, 0.3) is 0 Å². The van der Waals surface area contributed by atoms with Crippen LogP contribution in [0.15, 0.2) is 28.7 Å². The van der Waals surface area contributed by atoms with Gasteiger partial charge in [-0.3, -0.25) is 4.79 Å². The number of rotatable bonds is 5. The van der Waals surface area contributed by atoms with Gasteiger partial charge in [-0.05, 0) is 31.4 Å². The van der Waals surface area contributed by atoms with Crippen LogP contribution in [0.5, 0.6) is 0 Å². The molecule has 1 N–H and O–H groups in total. The summed E-state index contributed by atoms with van der Waals surface area (Å²) in [5.41, 5.74) is 1.90. The molecule has 0 atom stereocenters. The molecule has 0 aliphatic heterocycles. The Morgan fingerprint density at radius 3 is 3.00 bits per heavy atom. The third kappa shape index (κ3) is 2.31. The third-order valence-electron chi connectivity index (χ3n) is 3.38. The van der Waals surface area contributed by atoms with E-state index in [1.807, 2.05) is 31.2 Å². The molecule has 3 heteroatoms. The van der Waals surface area contributed by atoms with Crippen LogP contribution < -0.4 is 5.32 Å². The van der Waals surface area contributed by atoms with E-state index in [1.54, 1.807) is 0 Å².